The van der Waals surface area contributed by atoms with E-state index in [1.807, 2.05) is 42.5 Å². The summed E-state index contributed by atoms with van der Waals surface area (Å²) in [7, 11) is 0. The Hall–Kier alpha value is -1.93. The third-order valence-corrected chi connectivity index (χ3v) is 4.54. The van der Waals surface area contributed by atoms with Gasteiger partial charge in [-0.05, 0) is 18.2 Å². The van der Waals surface area contributed by atoms with E-state index in [1.54, 1.807) is 6.20 Å². The molecule has 7 heteroatoms. The molecule has 0 saturated carbocycles. The number of para-hydroxylation sites is 1. The Labute approximate surface area is 143 Å². The third-order valence-electron chi connectivity index (χ3n) is 3.06. The molecule has 0 radical (unpaired) electrons. The lowest BCUT2D eigenvalue weighted by atomic mass is 10.1. The van der Waals surface area contributed by atoms with Gasteiger partial charge in [-0.25, -0.2) is 9.78 Å². The first-order valence-corrected chi connectivity index (χ1v) is 8.16. The number of nitrogens with one attached hydrogen (secondary N) is 2. The zero-order valence-electron chi connectivity index (χ0n) is 12.1. The summed E-state index contributed by atoms with van der Waals surface area (Å²) in [5, 5.41) is 6.00. The van der Waals surface area contributed by atoms with E-state index in [2.05, 4.69) is 20.4 Å². The van der Waals surface area contributed by atoms with Gasteiger partial charge < -0.3 is 10.6 Å². The standard InChI is InChI=1S/C15H12N2OS2.CH2O2/c18-15(17-10-5-1-3-7-12(10)19)14-9-16-11-6-2-4-8-13(11)20-14;1-2-3-1/h1-6,8-9,16H,7H2,(H,17,18);1H2. The first-order valence-electron chi connectivity index (χ1n) is 6.93. The summed E-state index contributed by atoms with van der Waals surface area (Å²) in [6, 6.07) is 7.89. The predicted molar refractivity (Wildman–Crippen MR) is 93.6 cm³/mol. The van der Waals surface area contributed by atoms with Crippen LogP contribution in [0.3, 0.4) is 0 Å². The molecule has 5 nitrogen and oxygen atoms in total. The summed E-state index contributed by atoms with van der Waals surface area (Å²) >= 11 is 6.69. The van der Waals surface area contributed by atoms with Crippen molar-refractivity contribution in [3.8, 4) is 0 Å². The second-order valence-electron chi connectivity index (χ2n) is 4.69. The number of carbonyl (C=O) groups is 1. The Bertz CT molecular complexity index is 721. The Morgan fingerprint density at radius 3 is 2.83 bits per heavy atom. The highest BCUT2D eigenvalue weighted by atomic mass is 32.2. The summed E-state index contributed by atoms with van der Waals surface area (Å²) < 4.78 is 0. The van der Waals surface area contributed by atoms with Crippen LogP contribution in [0, 0.1) is 0 Å². The summed E-state index contributed by atoms with van der Waals surface area (Å²) in [6.07, 6.45) is 8.14. The molecule has 118 valence electrons. The fourth-order valence-electron chi connectivity index (χ4n) is 1.92. The van der Waals surface area contributed by atoms with Crippen LogP contribution < -0.4 is 10.6 Å². The van der Waals surface area contributed by atoms with Crippen molar-refractivity contribution in [2.24, 2.45) is 0 Å². The second-order valence-corrected chi connectivity index (χ2v) is 6.27. The van der Waals surface area contributed by atoms with E-state index in [0.29, 0.717) is 23.8 Å². The Balaban J connectivity index is 0.000000468. The van der Waals surface area contributed by atoms with E-state index in [9.17, 15) is 4.79 Å². The molecule has 3 aliphatic rings. The number of rotatable bonds is 2. The van der Waals surface area contributed by atoms with Crippen LogP contribution in [0.25, 0.3) is 0 Å². The maximum Gasteiger partial charge on any atom is 0.263 e. The molecule has 0 aromatic heterocycles. The molecule has 0 bridgehead atoms. The van der Waals surface area contributed by atoms with Crippen LogP contribution in [0.15, 0.2) is 64.2 Å². The Kier molecular flexibility index (Phi) is 5.24. The van der Waals surface area contributed by atoms with Crippen molar-refractivity contribution in [2.45, 2.75) is 11.3 Å². The lowest BCUT2D eigenvalue weighted by molar-refractivity contribution is -0.116. The van der Waals surface area contributed by atoms with Gasteiger partial charge in [-0.1, -0.05) is 48.3 Å². The van der Waals surface area contributed by atoms with E-state index in [0.717, 1.165) is 15.4 Å². The van der Waals surface area contributed by atoms with E-state index >= 15 is 0 Å². The number of carbonyl (C=O) groups excluding carboxylic acids is 1. The lowest BCUT2D eigenvalue weighted by Gasteiger charge is -2.18. The number of anilines is 1. The minimum Gasteiger partial charge on any atom is -0.359 e. The van der Waals surface area contributed by atoms with Gasteiger partial charge in [0, 0.05) is 22.4 Å². The zero-order chi connectivity index (χ0) is 16.1. The zero-order valence-corrected chi connectivity index (χ0v) is 13.7. The van der Waals surface area contributed by atoms with Crippen molar-refractivity contribution < 1.29 is 14.6 Å². The van der Waals surface area contributed by atoms with Crippen LogP contribution in [0.2, 0.25) is 0 Å². The molecule has 23 heavy (non-hydrogen) atoms. The van der Waals surface area contributed by atoms with Gasteiger partial charge in [0.05, 0.1) is 16.3 Å². The molecular weight excluding hydrogens is 332 g/mol. The SMILES string of the molecule is C1OO1.O=C(NC1=CC=CCC1=S)C1=CNc2ccccc2S1. The van der Waals surface area contributed by atoms with Gasteiger partial charge in [0.15, 0.2) is 0 Å². The fraction of sp³-hybridized carbons (Fsp3) is 0.125. The van der Waals surface area contributed by atoms with Crippen LogP contribution in [-0.4, -0.2) is 17.6 Å². The smallest absolute Gasteiger partial charge is 0.263 e. The van der Waals surface area contributed by atoms with Gasteiger partial charge in [0.25, 0.3) is 5.91 Å². The Morgan fingerprint density at radius 2 is 2.09 bits per heavy atom. The summed E-state index contributed by atoms with van der Waals surface area (Å²) in [6.45, 7) is 0.500. The predicted octanol–water partition coefficient (Wildman–Crippen LogP) is 3.28. The summed E-state index contributed by atoms with van der Waals surface area (Å²) in [4.78, 5) is 22.7. The van der Waals surface area contributed by atoms with Crippen LogP contribution in [-0.2, 0) is 14.6 Å². The van der Waals surface area contributed by atoms with Crippen molar-refractivity contribution in [1.29, 1.82) is 0 Å². The van der Waals surface area contributed by atoms with Crippen LogP contribution in [0.1, 0.15) is 6.42 Å². The van der Waals surface area contributed by atoms with Crippen molar-refractivity contribution in [3.63, 3.8) is 0 Å². The fourth-order valence-corrected chi connectivity index (χ4v) is 3.01. The lowest BCUT2D eigenvalue weighted by Crippen LogP contribution is -2.28. The molecule has 1 aromatic carbocycles. The molecule has 0 spiro atoms. The van der Waals surface area contributed by atoms with Gasteiger partial charge in [-0.3, -0.25) is 4.79 Å². The minimum absolute atomic E-state index is 0.138. The molecular formula is C16H14N2O3S2. The van der Waals surface area contributed by atoms with Crippen molar-refractivity contribution >= 4 is 40.4 Å². The molecule has 0 atom stereocenters. The van der Waals surface area contributed by atoms with E-state index in [-0.39, 0.29) is 5.91 Å². The Morgan fingerprint density at radius 1 is 1.30 bits per heavy atom. The number of thioether (sulfide) groups is 1. The van der Waals surface area contributed by atoms with E-state index in [4.69, 9.17) is 12.2 Å². The number of allylic oxidation sites excluding steroid dienone is 4. The van der Waals surface area contributed by atoms with Gasteiger partial charge >= 0.3 is 0 Å². The van der Waals surface area contributed by atoms with Gasteiger partial charge in [-0.15, -0.1) is 0 Å². The average molecular weight is 346 g/mol. The quantitative estimate of drug-likeness (QED) is 0.487. The van der Waals surface area contributed by atoms with Crippen molar-refractivity contribution in [2.75, 3.05) is 12.1 Å². The molecule has 1 aromatic rings. The second kappa shape index (κ2) is 7.56. The summed E-state index contributed by atoms with van der Waals surface area (Å²) in [5.74, 6) is -0.138. The number of amides is 1. The normalized spacial score (nSPS) is 17.7. The molecule has 4 rings (SSSR count). The molecule has 2 heterocycles. The van der Waals surface area contributed by atoms with Crippen LogP contribution in [0.4, 0.5) is 5.69 Å². The molecule has 0 unspecified atom stereocenters. The van der Waals surface area contributed by atoms with Crippen molar-refractivity contribution in [3.05, 3.63) is 59.3 Å². The molecule has 1 aliphatic carbocycles. The largest absolute Gasteiger partial charge is 0.359 e. The topological polar surface area (TPSA) is 66.2 Å². The highest BCUT2D eigenvalue weighted by molar-refractivity contribution is 8.04. The summed E-state index contributed by atoms with van der Waals surface area (Å²) in [5.41, 5.74) is 1.73. The first kappa shape index (κ1) is 15.9. The molecule has 1 fully saturated rings. The molecule has 2 aliphatic heterocycles. The highest BCUT2D eigenvalue weighted by Gasteiger charge is 2.19. The van der Waals surface area contributed by atoms with E-state index in [1.165, 1.54) is 11.8 Å². The number of benzene rings is 1. The van der Waals surface area contributed by atoms with Gasteiger partial charge in [0.1, 0.15) is 0 Å². The first-order chi connectivity index (χ1) is 11.2. The minimum atomic E-state index is -0.138. The molecule has 1 amide bonds. The maximum atomic E-state index is 12.3. The molecule has 2 N–H and O–H groups in total. The number of hydrogen-bond donors (Lipinski definition) is 2. The number of fused-ring (bicyclic) bond motifs is 1. The monoisotopic (exact) mass is 346 g/mol. The maximum absolute atomic E-state index is 12.3. The average Bonchev–Trinajstić information content (AvgIpc) is 3.45. The van der Waals surface area contributed by atoms with Crippen molar-refractivity contribution in [1.82, 2.24) is 5.32 Å². The third kappa shape index (κ3) is 4.52. The molecule has 1 saturated heterocycles. The number of hydrogen-bond acceptors (Lipinski definition) is 6. The van der Waals surface area contributed by atoms with Gasteiger partial charge in [-0.2, -0.15) is 0 Å². The van der Waals surface area contributed by atoms with Gasteiger partial charge in [0.2, 0.25) is 6.79 Å². The highest BCUT2D eigenvalue weighted by Crippen LogP contribution is 2.36. The van der Waals surface area contributed by atoms with E-state index < -0.39 is 0 Å². The van der Waals surface area contributed by atoms with Crippen LogP contribution in [0.5, 0.6) is 0 Å². The van der Waals surface area contributed by atoms with Crippen LogP contribution >= 0.6 is 24.0 Å². The number of thiocarbonyl (C=S) groups is 1.